The van der Waals surface area contributed by atoms with Crippen LogP contribution in [0.3, 0.4) is 0 Å². The van der Waals surface area contributed by atoms with E-state index in [1.165, 1.54) is 11.8 Å². The fourth-order valence-electron chi connectivity index (χ4n) is 2.53. The highest BCUT2D eigenvalue weighted by molar-refractivity contribution is 7.99. The van der Waals surface area contributed by atoms with Gasteiger partial charge in [-0.3, -0.25) is 0 Å². The summed E-state index contributed by atoms with van der Waals surface area (Å²) in [6.45, 7) is 0.791. The van der Waals surface area contributed by atoms with Gasteiger partial charge in [-0.15, -0.1) is 21.5 Å². The van der Waals surface area contributed by atoms with Crippen LogP contribution in [0.5, 0.6) is 0 Å². The molecule has 1 aromatic carbocycles. The number of ether oxygens (including phenoxy) is 1. The summed E-state index contributed by atoms with van der Waals surface area (Å²) in [5.74, 6) is 0.897. The fraction of sp³-hybridized carbons (Fsp3) is 0.222. The highest BCUT2D eigenvalue weighted by Crippen LogP contribution is 2.29. The topological polar surface area (TPSA) is 84.2 Å². The monoisotopic (exact) mass is 387 g/mol. The predicted octanol–water partition coefficient (Wildman–Crippen LogP) is 3.95. The van der Waals surface area contributed by atoms with Gasteiger partial charge in [-0.1, -0.05) is 36.0 Å². The number of aromatic nitrogens is 3. The maximum atomic E-state index is 10.0. The molecule has 134 valence electrons. The van der Waals surface area contributed by atoms with Crippen LogP contribution >= 0.6 is 23.1 Å². The van der Waals surface area contributed by atoms with Crippen molar-refractivity contribution in [2.45, 2.75) is 17.9 Å². The molecule has 0 saturated carbocycles. The number of aliphatic hydroxyl groups is 1. The molecule has 8 heteroatoms. The van der Waals surface area contributed by atoms with E-state index in [0.29, 0.717) is 23.5 Å². The highest BCUT2D eigenvalue weighted by atomic mass is 32.2. The molecule has 0 amide bonds. The van der Waals surface area contributed by atoms with Gasteiger partial charge in [-0.05, 0) is 17.5 Å². The molecule has 0 unspecified atom stereocenters. The molecule has 2 N–H and O–H groups in total. The first-order valence-corrected chi connectivity index (χ1v) is 9.97. The van der Waals surface area contributed by atoms with E-state index in [9.17, 15) is 5.11 Å². The van der Waals surface area contributed by atoms with Gasteiger partial charge < -0.3 is 19.2 Å². The van der Waals surface area contributed by atoms with Crippen LogP contribution in [-0.4, -0.2) is 38.8 Å². The highest BCUT2D eigenvalue weighted by Gasteiger charge is 2.15. The van der Waals surface area contributed by atoms with Crippen LogP contribution in [0, 0.1) is 0 Å². The van der Waals surface area contributed by atoms with Crippen molar-refractivity contribution in [3.63, 3.8) is 0 Å². The lowest BCUT2D eigenvalue weighted by Crippen LogP contribution is -2.17. The number of aliphatic hydroxyl groups excluding tert-OH is 1. The molecule has 3 heterocycles. The number of hydrogen-bond acceptors (Lipinski definition) is 7. The third kappa shape index (κ3) is 3.99. The molecule has 4 rings (SSSR count). The normalized spacial score (nSPS) is 12.7. The van der Waals surface area contributed by atoms with E-state index >= 15 is 0 Å². The Labute approximate surface area is 158 Å². The molecule has 3 aromatic heterocycles. The van der Waals surface area contributed by atoms with Gasteiger partial charge in [0.05, 0.1) is 24.9 Å². The quantitative estimate of drug-likeness (QED) is 0.445. The average Bonchev–Trinajstić information content (AvgIpc) is 3.40. The van der Waals surface area contributed by atoms with Crippen LogP contribution in [0.25, 0.3) is 22.4 Å². The number of nitrogens with zero attached hydrogens (tertiary/aromatic N) is 2. The van der Waals surface area contributed by atoms with E-state index < -0.39 is 6.10 Å². The van der Waals surface area contributed by atoms with E-state index in [4.69, 9.17) is 9.15 Å². The molecule has 26 heavy (non-hydrogen) atoms. The van der Waals surface area contributed by atoms with Gasteiger partial charge in [-0.25, -0.2) is 0 Å². The molecule has 1 atom stereocenters. The Balaban J connectivity index is 1.31. The molecule has 0 aliphatic carbocycles. The first-order valence-electron chi connectivity index (χ1n) is 8.10. The minimum Gasteiger partial charge on any atom is -0.411 e. The van der Waals surface area contributed by atoms with Crippen molar-refractivity contribution in [1.82, 2.24) is 15.2 Å². The number of thiophene rings is 1. The zero-order valence-corrected chi connectivity index (χ0v) is 15.4. The molecule has 0 bridgehead atoms. The van der Waals surface area contributed by atoms with Gasteiger partial charge in [0.25, 0.3) is 11.1 Å². The van der Waals surface area contributed by atoms with E-state index in [1.54, 1.807) is 11.3 Å². The summed E-state index contributed by atoms with van der Waals surface area (Å²) in [5, 5.41) is 21.7. The van der Waals surface area contributed by atoms with E-state index in [0.717, 1.165) is 21.3 Å². The number of benzene rings is 1. The van der Waals surface area contributed by atoms with Crippen molar-refractivity contribution >= 4 is 34.0 Å². The Hall–Kier alpha value is -2.13. The predicted molar refractivity (Wildman–Crippen MR) is 102 cm³/mol. The molecule has 0 radical (unpaired) electrons. The number of para-hydroxylation sites is 1. The summed E-state index contributed by atoms with van der Waals surface area (Å²) in [5.41, 5.74) is 1.90. The Morgan fingerprint density at radius 1 is 1.23 bits per heavy atom. The standard InChI is InChI=1S/C18H17N3O3S2/c22-12(9-23-10-13-4-3-7-25-13)11-26-18-21-20-17(24-18)15-8-19-16-6-2-1-5-14(15)16/h1-8,12,19,22H,9-11H2/t12-/m0/s1. The molecule has 4 aromatic rings. The van der Waals surface area contributed by atoms with Crippen LogP contribution in [0.4, 0.5) is 0 Å². The number of H-pyrrole nitrogens is 1. The van der Waals surface area contributed by atoms with Gasteiger partial charge in [0.2, 0.25) is 0 Å². The van der Waals surface area contributed by atoms with Crippen molar-refractivity contribution in [3.8, 4) is 11.5 Å². The van der Waals surface area contributed by atoms with E-state index in [-0.39, 0.29) is 6.61 Å². The zero-order chi connectivity index (χ0) is 17.8. The van der Waals surface area contributed by atoms with Crippen molar-refractivity contribution in [2.75, 3.05) is 12.4 Å². The van der Waals surface area contributed by atoms with Gasteiger partial charge in [-0.2, -0.15) is 0 Å². The second-order valence-electron chi connectivity index (χ2n) is 5.68. The summed E-state index contributed by atoms with van der Waals surface area (Å²) >= 11 is 2.96. The summed E-state index contributed by atoms with van der Waals surface area (Å²) < 4.78 is 11.2. The summed E-state index contributed by atoms with van der Waals surface area (Å²) in [4.78, 5) is 4.33. The van der Waals surface area contributed by atoms with Crippen molar-refractivity contribution in [3.05, 3.63) is 52.9 Å². The lowest BCUT2D eigenvalue weighted by atomic mass is 10.2. The van der Waals surface area contributed by atoms with Crippen molar-refractivity contribution in [2.24, 2.45) is 0 Å². The minimum absolute atomic E-state index is 0.272. The first kappa shape index (κ1) is 17.3. The third-order valence-corrected chi connectivity index (χ3v) is 5.57. The lowest BCUT2D eigenvalue weighted by Gasteiger charge is -2.08. The lowest BCUT2D eigenvalue weighted by molar-refractivity contribution is 0.0408. The largest absolute Gasteiger partial charge is 0.411 e. The number of rotatable bonds is 8. The molecule has 0 aliphatic heterocycles. The van der Waals surface area contributed by atoms with E-state index in [2.05, 4.69) is 15.2 Å². The van der Waals surface area contributed by atoms with Crippen LogP contribution in [0.2, 0.25) is 0 Å². The summed E-state index contributed by atoms with van der Waals surface area (Å²) in [6, 6.07) is 11.9. The molecule has 0 saturated heterocycles. The zero-order valence-electron chi connectivity index (χ0n) is 13.8. The van der Waals surface area contributed by atoms with Gasteiger partial charge in [0.1, 0.15) is 0 Å². The SMILES string of the molecule is O[C@@H](COCc1cccs1)CSc1nnc(-c2c[nH]c3ccccc23)o1. The Bertz CT molecular complexity index is 965. The molecule has 0 fully saturated rings. The number of hydrogen-bond donors (Lipinski definition) is 2. The fourth-order valence-corrected chi connectivity index (χ4v) is 3.84. The van der Waals surface area contributed by atoms with Gasteiger partial charge in [0.15, 0.2) is 0 Å². The van der Waals surface area contributed by atoms with Crippen LogP contribution < -0.4 is 0 Å². The maximum absolute atomic E-state index is 10.0. The first-order chi connectivity index (χ1) is 12.8. The smallest absolute Gasteiger partial charge is 0.276 e. The number of aromatic amines is 1. The number of nitrogens with one attached hydrogen (secondary N) is 1. The summed E-state index contributed by atoms with van der Waals surface area (Å²) in [7, 11) is 0. The molecule has 0 aliphatic rings. The Kier molecular flexibility index (Phi) is 5.35. The van der Waals surface area contributed by atoms with Gasteiger partial charge >= 0.3 is 0 Å². The summed E-state index contributed by atoms with van der Waals surface area (Å²) in [6.07, 6.45) is 1.27. The average molecular weight is 387 g/mol. The Morgan fingerprint density at radius 3 is 3.04 bits per heavy atom. The maximum Gasteiger partial charge on any atom is 0.276 e. The second-order valence-corrected chi connectivity index (χ2v) is 7.68. The molecular weight excluding hydrogens is 370 g/mol. The van der Waals surface area contributed by atoms with E-state index in [1.807, 2.05) is 48.0 Å². The molecular formula is C18H17N3O3S2. The number of thioether (sulfide) groups is 1. The molecule has 0 spiro atoms. The molecule has 6 nitrogen and oxygen atoms in total. The van der Waals surface area contributed by atoms with Crippen molar-refractivity contribution < 1.29 is 14.3 Å². The Morgan fingerprint density at radius 2 is 2.15 bits per heavy atom. The van der Waals surface area contributed by atoms with Crippen LogP contribution in [0.1, 0.15) is 4.88 Å². The minimum atomic E-state index is -0.594. The van der Waals surface area contributed by atoms with Crippen molar-refractivity contribution in [1.29, 1.82) is 0 Å². The third-order valence-electron chi connectivity index (χ3n) is 3.76. The number of fused-ring (bicyclic) bond motifs is 1. The second kappa shape index (κ2) is 8.05. The van der Waals surface area contributed by atoms with Crippen LogP contribution in [0.15, 0.2) is 57.6 Å². The van der Waals surface area contributed by atoms with Crippen LogP contribution in [-0.2, 0) is 11.3 Å². The van der Waals surface area contributed by atoms with Gasteiger partial charge in [0, 0.05) is 27.7 Å².